The lowest BCUT2D eigenvalue weighted by Gasteiger charge is -2.26. The molecule has 0 radical (unpaired) electrons. The summed E-state index contributed by atoms with van der Waals surface area (Å²) in [7, 11) is 1.74. The van der Waals surface area contributed by atoms with Crippen molar-refractivity contribution in [3.8, 4) is 5.75 Å². The number of piperidine rings is 1. The van der Waals surface area contributed by atoms with Crippen molar-refractivity contribution in [3.63, 3.8) is 0 Å². The molecule has 0 aliphatic carbocycles. The Morgan fingerprint density at radius 1 is 1.42 bits per heavy atom. The van der Waals surface area contributed by atoms with Crippen LogP contribution in [-0.4, -0.2) is 26.2 Å². The van der Waals surface area contributed by atoms with E-state index in [0.717, 1.165) is 18.8 Å². The summed E-state index contributed by atoms with van der Waals surface area (Å²) in [6.07, 6.45) is 3.95. The summed E-state index contributed by atoms with van der Waals surface area (Å²) >= 11 is 0. The lowest BCUT2D eigenvalue weighted by molar-refractivity contribution is 0.364. The van der Waals surface area contributed by atoms with Crippen LogP contribution in [-0.2, 0) is 0 Å². The van der Waals surface area contributed by atoms with Crippen LogP contribution in [0.25, 0.3) is 0 Å². The Bertz CT molecular complexity index is 400. The van der Waals surface area contributed by atoms with Crippen molar-refractivity contribution in [2.75, 3.05) is 20.2 Å². The molecule has 3 heteroatoms. The molecule has 2 rings (SSSR count). The number of benzene rings is 1. The van der Waals surface area contributed by atoms with E-state index in [1.54, 1.807) is 7.11 Å². The molecule has 1 aliphatic heterocycles. The van der Waals surface area contributed by atoms with Crippen molar-refractivity contribution in [2.45, 2.75) is 45.2 Å². The molecule has 0 saturated carbocycles. The molecule has 2 atom stereocenters. The number of ether oxygens (including phenoxy) is 1. The van der Waals surface area contributed by atoms with E-state index in [1.807, 2.05) is 0 Å². The molecule has 106 valence electrons. The van der Waals surface area contributed by atoms with E-state index in [4.69, 9.17) is 4.74 Å². The molecule has 0 amide bonds. The first kappa shape index (κ1) is 14.4. The Morgan fingerprint density at radius 2 is 2.26 bits per heavy atom. The van der Waals surface area contributed by atoms with Crippen LogP contribution in [0.3, 0.4) is 0 Å². The minimum absolute atomic E-state index is 0.318. The molecule has 0 aromatic heterocycles. The fourth-order valence-electron chi connectivity index (χ4n) is 2.72. The maximum atomic E-state index is 5.46. The fourth-order valence-corrected chi connectivity index (χ4v) is 2.72. The lowest BCUT2D eigenvalue weighted by Crippen LogP contribution is -2.42. The molecule has 2 unspecified atom stereocenters. The SMILES string of the molecule is COc1ccc(C)cc1C(C)NCC1CCCCN1. The molecular formula is C16H26N2O. The van der Waals surface area contributed by atoms with Gasteiger partial charge in [-0.3, -0.25) is 0 Å². The van der Waals surface area contributed by atoms with Gasteiger partial charge in [0.05, 0.1) is 7.11 Å². The summed E-state index contributed by atoms with van der Waals surface area (Å²) in [5.74, 6) is 0.974. The Morgan fingerprint density at radius 3 is 2.95 bits per heavy atom. The highest BCUT2D eigenvalue weighted by atomic mass is 16.5. The molecule has 1 fully saturated rings. The van der Waals surface area contributed by atoms with Gasteiger partial charge in [0.1, 0.15) is 5.75 Å². The summed E-state index contributed by atoms with van der Waals surface area (Å²) in [5.41, 5.74) is 2.53. The zero-order chi connectivity index (χ0) is 13.7. The average molecular weight is 262 g/mol. The first-order chi connectivity index (χ1) is 9.20. The first-order valence-electron chi connectivity index (χ1n) is 7.32. The van der Waals surface area contributed by atoms with E-state index >= 15 is 0 Å². The van der Waals surface area contributed by atoms with Crippen LogP contribution in [0.2, 0.25) is 0 Å². The largest absolute Gasteiger partial charge is 0.496 e. The first-order valence-corrected chi connectivity index (χ1v) is 7.32. The Kier molecular flexibility index (Phi) is 5.23. The van der Waals surface area contributed by atoms with Crippen LogP contribution in [0.15, 0.2) is 18.2 Å². The topological polar surface area (TPSA) is 33.3 Å². The van der Waals surface area contributed by atoms with E-state index in [-0.39, 0.29) is 0 Å². The predicted octanol–water partition coefficient (Wildman–Crippen LogP) is 2.80. The Labute approximate surface area is 116 Å². The normalized spacial score (nSPS) is 21.1. The number of hydrogen-bond donors (Lipinski definition) is 2. The summed E-state index contributed by atoms with van der Waals surface area (Å²) in [5, 5.41) is 7.20. The third-order valence-corrected chi connectivity index (χ3v) is 3.93. The van der Waals surface area contributed by atoms with E-state index in [0.29, 0.717) is 12.1 Å². The predicted molar refractivity (Wildman–Crippen MR) is 79.8 cm³/mol. The maximum absolute atomic E-state index is 5.46. The smallest absolute Gasteiger partial charge is 0.123 e. The second-order valence-electron chi connectivity index (χ2n) is 5.52. The van der Waals surface area contributed by atoms with Crippen LogP contribution in [0.4, 0.5) is 0 Å². The second-order valence-corrected chi connectivity index (χ2v) is 5.52. The van der Waals surface area contributed by atoms with Gasteiger partial charge in [-0.05, 0) is 39.3 Å². The van der Waals surface area contributed by atoms with Gasteiger partial charge in [-0.25, -0.2) is 0 Å². The van der Waals surface area contributed by atoms with Crippen LogP contribution >= 0.6 is 0 Å². The van der Waals surface area contributed by atoms with Crippen molar-refractivity contribution in [2.24, 2.45) is 0 Å². The maximum Gasteiger partial charge on any atom is 0.123 e. The van der Waals surface area contributed by atoms with Crippen molar-refractivity contribution >= 4 is 0 Å². The van der Waals surface area contributed by atoms with Gasteiger partial charge in [0.2, 0.25) is 0 Å². The van der Waals surface area contributed by atoms with Gasteiger partial charge in [0.15, 0.2) is 0 Å². The van der Waals surface area contributed by atoms with Crippen molar-refractivity contribution in [1.29, 1.82) is 0 Å². The summed E-state index contributed by atoms with van der Waals surface area (Å²) in [6, 6.07) is 7.30. The summed E-state index contributed by atoms with van der Waals surface area (Å²) in [4.78, 5) is 0. The van der Waals surface area contributed by atoms with Gasteiger partial charge >= 0.3 is 0 Å². The number of nitrogens with one attached hydrogen (secondary N) is 2. The third kappa shape index (κ3) is 3.95. The number of aryl methyl sites for hydroxylation is 1. The van der Waals surface area contributed by atoms with Gasteiger partial charge in [-0.15, -0.1) is 0 Å². The highest BCUT2D eigenvalue weighted by molar-refractivity contribution is 5.38. The lowest BCUT2D eigenvalue weighted by atomic mass is 10.0. The van der Waals surface area contributed by atoms with Gasteiger partial charge in [-0.1, -0.05) is 24.1 Å². The van der Waals surface area contributed by atoms with Gasteiger partial charge in [0, 0.05) is 24.2 Å². The van der Waals surface area contributed by atoms with E-state index < -0.39 is 0 Å². The standard InChI is InChI=1S/C16H26N2O/c1-12-7-8-16(19-3)15(10-12)13(2)18-11-14-6-4-5-9-17-14/h7-8,10,13-14,17-18H,4-6,9,11H2,1-3H3. The third-order valence-electron chi connectivity index (χ3n) is 3.93. The highest BCUT2D eigenvalue weighted by Gasteiger charge is 2.15. The fraction of sp³-hybridized carbons (Fsp3) is 0.625. The molecule has 1 aromatic carbocycles. The molecule has 1 aliphatic rings. The molecule has 2 N–H and O–H groups in total. The average Bonchev–Trinajstić information content (AvgIpc) is 2.46. The number of hydrogen-bond acceptors (Lipinski definition) is 3. The molecule has 3 nitrogen and oxygen atoms in total. The summed E-state index contributed by atoms with van der Waals surface area (Å²) < 4.78 is 5.46. The molecular weight excluding hydrogens is 236 g/mol. The Hall–Kier alpha value is -1.06. The van der Waals surface area contributed by atoms with Crippen molar-refractivity contribution in [3.05, 3.63) is 29.3 Å². The van der Waals surface area contributed by atoms with Crippen LogP contribution in [0.1, 0.15) is 43.4 Å². The number of methoxy groups -OCH3 is 1. The zero-order valence-corrected chi connectivity index (χ0v) is 12.3. The van der Waals surface area contributed by atoms with Crippen LogP contribution < -0.4 is 15.4 Å². The molecule has 1 saturated heterocycles. The van der Waals surface area contributed by atoms with Crippen LogP contribution in [0, 0.1) is 6.92 Å². The molecule has 1 heterocycles. The van der Waals surface area contributed by atoms with Crippen molar-refractivity contribution < 1.29 is 4.74 Å². The van der Waals surface area contributed by atoms with E-state index in [9.17, 15) is 0 Å². The van der Waals surface area contributed by atoms with Gasteiger partial charge < -0.3 is 15.4 Å². The van der Waals surface area contributed by atoms with E-state index in [1.165, 1.54) is 30.4 Å². The second kappa shape index (κ2) is 6.92. The van der Waals surface area contributed by atoms with Gasteiger partial charge in [0.25, 0.3) is 0 Å². The molecule has 0 spiro atoms. The Balaban J connectivity index is 1.94. The minimum Gasteiger partial charge on any atom is -0.496 e. The monoisotopic (exact) mass is 262 g/mol. The van der Waals surface area contributed by atoms with Crippen LogP contribution in [0.5, 0.6) is 5.75 Å². The van der Waals surface area contributed by atoms with Gasteiger partial charge in [-0.2, -0.15) is 0 Å². The molecule has 0 bridgehead atoms. The molecule has 19 heavy (non-hydrogen) atoms. The summed E-state index contributed by atoms with van der Waals surface area (Å²) in [6.45, 7) is 6.52. The zero-order valence-electron chi connectivity index (χ0n) is 12.3. The molecule has 1 aromatic rings. The highest BCUT2D eigenvalue weighted by Crippen LogP contribution is 2.26. The minimum atomic E-state index is 0.318. The quantitative estimate of drug-likeness (QED) is 0.856. The van der Waals surface area contributed by atoms with E-state index in [2.05, 4.69) is 42.7 Å². The number of rotatable bonds is 5. The van der Waals surface area contributed by atoms with Crippen molar-refractivity contribution in [1.82, 2.24) is 10.6 Å².